The second kappa shape index (κ2) is 6.65. The molecule has 1 aromatic heterocycles. The van der Waals surface area contributed by atoms with Gasteiger partial charge in [-0.05, 0) is 69.7 Å². The Morgan fingerprint density at radius 2 is 2.00 bits per heavy atom. The van der Waals surface area contributed by atoms with E-state index in [1.165, 1.54) is 0 Å². The first kappa shape index (κ1) is 17.5. The van der Waals surface area contributed by atoms with Crippen LogP contribution < -0.4 is 0 Å². The molecule has 0 aromatic carbocycles. The van der Waals surface area contributed by atoms with E-state index in [4.69, 9.17) is 0 Å². The molecule has 1 aliphatic carbocycles. The number of carboxylic acids is 1. The number of rotatable bonds is 4. The van der Waals surface area contributed by atoms with Gasteiger partial charge in [-0.1, -0.05) is 6.07 Å². The van der Waals surface area contributed by atoms with Crippen molar-refractivity contribution in [2.45, 2.75) is 51.6 Å². The molecule has 26 heavy (non-hydrogen) atoms. The number of aliphatic carboxylic acids is 1. The zero-order chi connectivity index (χ0) is 18.3. The molecule has 1 aromatic rings. The van der Waals surface area contributed by atoms with Gasteiger partial charge in [-0.25, -0.2) is 4.79 Å². The predicted octanol–water partition coefficient (Wildman–Crippen LogP) is 2.07. The van der Waals surface area contributed by atoms with E-state index in [1.54, 1.807) is 4.90 Å². The number of carboxylic acid groups (broad SMARTS) is 1. The minimum Gasteiger partial charge on any atom is -0.480 e. The normalized spacial score (nSPS) is 25.6. The second-order valence-electron chi connectivity index (χ2n) is 8.35. The molecule has 6 nitrogen and oxygen atoms in total. The number of pyridine rings is 1. The van der Waals surface area contributed by atoms with Crippen LogP contribution in [0.15, 0.2) is 18.2 Å². The maximum Gasteiger partial charge on any atom is 0.326 e. The molecule has 3 fully saturated rings. The van der Waals surface area contributed by atoms with E-state index in [2.05, 4.69) is 16.0 Å². The molecule has 0 unspecified atom stereocenters. The number of amides is 1. The quantitative estimate of drug-likeness (QED) is 0.893. The Morgan fingerprint density at radius 3 is 2.62 bits per heavy atom. The van der Waals surface area contributed by atoms with Crippen LogP contribution in [-0.2, 0) is 16.1 Å². The molecule has 140 valence electrons. The smallest absolute Gasteiger partial charge is 0.326 e. The largest absolute Gasteiger partial charge is 0.480 e. The van der Waals surface area contributed by atoms with E-state index in [1.807, 2.05) is 19.1 Å². The topological polar surface area (TPSA) is 73.7 Å². The van der Waals surface area contributed by atoms with Crippen LogP contribution in [-0.4, -0.2) is 57.4 Å². The van der Waals surface area contributed by atoms with Gasteiger partial charge in [0.25, 0.3) is 0 Å². The Kier molecular flexibility index (Phi) is 4.47. The van der Waals surface area contributed by atoms with E-state index in [9.17, 15) is 14.7 Å². The van der Waals surface area contributed by atoms with Gasteiger partial charge in [0.1, 0.15) is 6.04 Å². The van der Waals surface area contributed by atoms with Crippen molar-refractivity contribution in [3.05, 3.63) is 29.6 Å². The lowest BCUT2D eigenvalue weighted by Crippen LogP contribution is -2.43. The molecule has 0 bridgehead atoms. The average molecular weight is 357 g/mol. The van der Waals surface area contributed by atoms with Gasteiger partial charge in [-0.15, -0.1) is 0 Å². The minimum absolute atomic E-state index is 0.0237. The number of aromatic nitrogens is 1. The highest BCUT2D eigenvalue weighted by molar-refractivity contribution is 5.87. The van der Waals surface area contributed by atoms with Gasteiger partial charge in [0.05, 0.1) is 5.69 Å². The fourth-order valence-corrected chi connectivity index (χ4v) is 4.54. The number of aryl methyl sites for hydroxylation is 1. The number of hydrogen-bond donors (Lipinski definition) is 1. The molecule has 6 heteroatoms. The predicted molar refractivity (Wildman–Crippen MR) is 96.4 cm³/mol. The molecule has 0 radical (unpaired) electrons. The third-order valence-electron chi connectivity index (χ3n) is 6.25. The number of likely N-dealkylation sites (tertiary alicyclic amines) is 2. The molecule has 2 saturated heterocycles. The Balaban J connectivity index is 1.39. The van der Waals surface area contributed by atoms with Gasteiger partial charge in [0, 0.05) is 24.7 Å². The number of hydrogen-bond acceptors (Lipinski definition) is 4. The van der Waals surface area contributed by atoms with Gasteiger partial charge in [0.15, 0.2) is 0 Å². The third kappa shape index (κ3) is 3.47. The van der Waals surface area contributed by atoms with E-state index in [0.29, 0.717) is 13.0 Å². The lowest BCUT2D eigenvalue weighted by Gasteiger charge is -2.39. The average Bonchev–Trinajstić information content (AvgIpc) is 3.39. The van der Waals surface area contributed by atoms with Crippen LogP contribution in [0.4, 0.5) is 0 Å². The number of nitrogens with zero attached hydrogens (tertiary/aromatic N) is 3. The summed E-state index contributed by atoms with van der Waals surface area (Å²) in [5.74, 6) is -0.692. The monoisotopic (exact) mass is 357 g/mol. The lowest BCUT2D eigenvalue weighted by atomic mass is 9.76. The molecule has 1 atom stereocenters. The highest BCUT2D eigenvalue weighted by atomic mass is 16.4. The van der Waals surface area contributed by atoms with Crippen LogP contribution in [0.2, 0.25) is 0 Å². The van der Waals surface area contributed by atoms with Crippen LogP contribution in [0.3, 0.4) is 0 Å². The summed E-state index contributed by atoms with van der Waals surface area (Å²) in [6.45, 7) is 5.34. The van der Waals surface area contributed by atoms with E-state index < -0.39 is 12.0 Å². The fourth-order valence-electron chi connectivity index (χ4n) is 4.54. The van der Waals surface area contributed by atoms with Gasteiger partial charge in [-0.2, -0.15) is 0 Å². The van der Waals surface area contributed by atoms with Crippen molar-refractivity contribution < 1.29 is 14.7 Å². The van der Waals surface area contributed by atoms with Crippen LogP contribution in [0.1, 0.15) is 43.5 Å². The molecular weight excluding hydrogens is 330 g/mol. The summed E-state index contributed by atoms with van der Waals surface area (Å²) in [6, 6.07) is 5.47. The van der Waals surface area contributed by atoms with Gasteiger partial charge in [0.2, 0.25) is 5.91 Å². The van der Waals surface area contributed by atoms with Gasteiger partial charge >= 0.3 is 5.97 Å². The van der Waals surface area contributed by atoms with Crippen LogP contribution in [0, 0.1) is 18.3 Å². The molecule has 1 amide bonds. The van der Waals surface area contributed by atoms with Crippen molar-refractivity contribution in [2.75, 3.05) is 19.6 Å². The zero-order valence-electron chi connectivity index (χ0n) is 15.4. The first-order chi connectivity index (χ1) is 12.5. The maximum atomic E-state index is 12.5. The zero-order valence-corrected chi connectivity index (χ0v) is 15.4. The first-order valence-electron chi connectivity index (χ1n) is 9.64. The molecule has 3 heterocycles. The number of piperidine rings is 1. The molecule has 1 saturated carbocycles. The molecule has 4 rings (SSSR count). The van der Waals surface area contributed by atoms with Crippen molar-refractivity contribution in [1.29, 1.82) is 0 Å². The second-order valence-corrected chi connectivity index (χ2v) is 8.35. The number of carbonyl (C=O) groups excluding carboxylic acids is 1. The highest BCUT2D eigenvalue weighted by Gasteiger charge is 2.51. The van der Waals surface area contributed by atoms with Crippen molar-refractivity contribution in [3.8, 4) is 0 Å². The molecule has 1 N–H and O–H groups in total. The summed E-state index contributed by atoms with van der Waals surface area (Å²) in [5, 5.41) is 9.61. The maximum absolute atomic E-state index is 12.5. The molecule has 2 aliphatic heterocycles. The standard InChI is InChI=1S/C20H27N3O3/c1-14-3-2-4-16(21-14)12-22-9-7-20(8-10-22)11-17(19(25)26)23(13-20)18(24)15-5-6-15/h2-4,15,17H,5-13H2,1H3,(H,25,26)/t17-/m1/s1. The summed E-state index contributed by atoms with van der Waals surface area (Å²) >= 11 is 0. The Morgan fingerprint density at radius 1 is 1.27 bits per heavy atom. The van der Waals surface area contributed by atoms with Crippen LogP contribution >= 0.6 is 0 Å². The third-order valence-corrected chi connectivity index (χ3v) is 6.25. The van der Waals surface area contributed by atoms with E-state index >= 15 is 0 Å². The minimum atomic E-state index is -0.845. The molecule has 1 spiro atoms. The first-order valence-corrected chi connectivity index (χ1v) is 9.64. The Bertz CT molecular complexity index is 708. The summed E-state index contributed by atoms with van der Waals surface area (Å²) in [4.78, 5) is 32.9. The van der Waals surface area contributed by atoms with Crippen LogP contribution in [0.25, 0.3) is 0 Å². The summed E-state index contributed by atoms with van der Waals surface area (Å²) in [5.41, 5.74) is 2.09. The lowest BCUT2D eigenvalue weighted by molar-refractivity contribution is -0.148. The Labute approximate surface area is 154 Å². The van der Waals surface area contributed by atoms with Crippen molar-refractivity contribution in [3.63, 3.8) is 0 Å². The summed E-state index contributed by atoms with van der Waals surface area (Å²) in [6.07, 6.45) is 4.36. The summed E-state index contributed by atoms with van der Waals surface area (Å²) < 4.78 is 0. The van der Waals surface area contributed by atoms with Crippen molar-refractivity contribution in [2.24, 2.45) is 11.3 Å². The molecular formula is C20H27N3O3. The Hall–Kier alpha value is -1.95. The fraction of sp³-hybridized carbons (Fsp3) is 0.650. The van der Waals surface area contributed by atoms with E-state index in [-0.39, 0.29) is 17.2 Å². The molecule has 3 aliphatic rings. The SMILES string of the molecule is Cc1cccc(CN2CCC3(CC2)C[C@H](C(=O)O)N(C(=O)C2CC2)C3)n1. The van der Waals surface area contributed by atoms with Crippen LogP contribution in [0.5, 0.6) is 0 Å². The van der Waals surface area contributed by atoms with E-state index in [0.717, 1.165) is 56.7 Å². The van der Waals surface area contributed by atoms with Gasteiger partial charge in [-0.3, -0.25) is 14.7 Å². The van der Waals surface area contributed by atoms with Gasteiger partial charge < -0.3 is 10.0 Å². The summed E-state index contributed by atoms with van der Waals surface area (Å²) in [7, 11) is 0. The highest BCUT2D eigenvalue weighted by Crippen LogP contribution is 2.45. The van der Waals surface area contributed by atoms with Crippen molar-refractivity contribution >= 4 is 11.9 Å². The number of carbonyl (C=O) groups is 2. The van der Waals surface area contributed by atoms with Crippen molar-refractivity contribution in [1.82, 2.24) is 14.8 Å².